The zero-order valence-electron chi connectivity index (χ0n) is 10.2. The molecule has 1 aliphatic rings. The largest absolute Gasteiger partial charge is 0.468 e. The van der Waals surface area contributed by atoms with Crippen molar-refractivity contribution >= 4 is 0 Å². The molecule has 0 aliphatic heterocycles. The molecule has 2 rings (SSSR count). The maximum atomic E-state index is 5.28. The number of hydrogen-bond acceptors (Lipinski definition) is 2. The molecule has 0 bridgehead atoms. The molecule has 1 fully saturated rings. The van der Waals surface area contributed by atoms with Crippen molar-refractivity contribution in [1.29, 1.82) is 0 Å². The fourth-order valence-corrected chi connectivity index (χ4v) is 2.55. The second-order valence-corrected chi connectivity index (χ2v) is 5.17. The second-order valence-electron chi connectivity index (χ2n) is 5.17. The first kappa shape index (κ1) is 11.7. The molecule has 0 spiro atoms. The van der Waals surface area contributed by atoms with Gasteiger partial charge in [0.1, 0.15) is 5.76 Å². The lowest BCUT2D eigenvalue weighted by molar-refractivity contribution is 0.274. The van der Waals surface area contributed by atoms with Gasteiger partial charge in [-0.3, -0.25) is 0 Å². The third-order valence-electron chi connectivity index (χ3n) is 3.74. The molecule has 1 saturated carbocycles. The fourth-order valence-electron chi connectivity index (χ4n) is 2.55. The van der Waals surface area contributed by atoms with Gasteiger partial charge in [-0.05, 0) is 36.9 Å². The first-order valence-corrected chi connectivity index (χ1v) is 6.57. The minimum atomic E-state index is 0.871. The maximum Gasteiger partial charge on any atom is 0.117 e. The van der Waals surface area contributed by atoms with E-state index in [1.807, 2.05) is 12.1 Å². The van der Waals surface area contributed by atoms with E-state index in [2.05, 4.69) is 12.2 Å². The highest BCUT2D eigenvalue weighted by Gasteiger charge is 2.17. The van der Waals surface area contributed by atoms with Crippen molar-refractivity contribution in [2.45, 2.75) is 45.6 Å². The summed E-state index contributed by atoms with van der Waals surface area (Å²) in [6, 6.07) is 3.97. The summed E-state index contributed by atoms with van der Waals surface area (Å²) >= 11 is 0. The van der Waals surface area contributed by atoms with Gasteiger partial charge in [0.25, 0.3) is 0 Å². The van der Waals surface area contributed by atoms with Gasteiger partial charge in [0, 0.05) is 0 Å². The standard InChI is InChI=1S/C14H23NO/c1-12-4-6-13(7-5-12)8-9-15-11-14-3-2-10-16-14/h2-3,10,12-13,15H,4-9,11H2,1H3. The Labute approximate surface area is 98.4 Å². The summed E-state index contributed by atoms with van der Waals surface area (Å²) in [4.78, 5) is 0. The molecule has 16 heavy (non-hydrogen) atoms. The predicted molar refractivity (Wildman–Crippen MR) is 66.2 cm³/mol. The smallest absolute Gasteiger partial charge is 0.117 e. The van der Waals surface area contributed by atoms with Crippen molar-refractivity contribution in [3.63, 3.8) is 0 Å². The lowest BCUT2D eigenvalue weighted by atomic mass is 9.81. The van der Waals surface area contributed by atoms with Gasteiger partial charge in [0.15, 0.2) is 0 Å². The second kappa shape index (κ2) is 6.09. The summed E-state index contributed by atoms with van der Waals surface area (Å²) in [6.07, 6.45) is 8.80. The van der Waals surface area contributed by atoms with Gasteiger partial charge in [0.2, 0.25) is 0 Å². The Bertz CT molecular complexity index is 273. The SMILES string of the molecule is CC1CCC(CCNCc2ccco2)CC1. The Kier molecular flexibility index (Phi) is 4.46. The van der Waals surface area contributed by atoms with Gasteiger partial charge in [-0.1, -0.05) is 32.6 Å². The van der Waals surface area contributed by atoms with Crippen LogP contribution in [-0.4, -0.2) is 6.54 Å². The lowest BCUT2D eigenvalue weighted by Gasteiger charge is -2.26. The molecule has 0 amide bonds. The normalized spacial score (nSPS) is 25.8. The predicted octanol–water partition coefficient (Wildman–Crippen LogP) is 3.59. The maximum absolute atomic E-state index is 5.28. The molecule has 1 aromatic heterocycles. The van der Waals surface area contributed by atoms with E-state index in [1.165, 1.54) is 32.1 Å². The van der Waals surface area contributed by atoms with Gasteiger partial charge in [-0.15, -0.1) is 0 Å². The molecule has 1 N–H and O–H groups in total. The van der Waals surface area contributed by atoms with Crippen LogP contribution in [0.25, 0.3) is 0 Å². The van der Waals surface area contributed by atoms with E-state index in [-0.39, 0.29) is 0 Å². The van der Waals surface area contributed by atoms with Crippen LogP contribution in [0.5, 0.6) is 0 Å². The lowest BCUT2D eigenvalue weighted by Crippen LogP contribution is -2.20. The third-order valence-corrected chi connectivity index (χ3v) is 3.74. The fraction of sp³-hybridized carbons (Fsp3) is 0.714. The Morgan fingerprint density at radius 1 is 1.31 bits per heavy atom. The van der Waals surface area contributed by atoms with Crippen LogP contribution in [0.4, 0.5) is 0 Å². The Morgan fingerprint density at radius 3 is 2.81 bits per heavy atom. The highest BCUT2D eigenvalue weighted by atomic mass is 16.3. The zero-order chi connectivity index (χ0) is 11.2. The summed E-state index contributed by atoms with van der Waals surface area (Å²) in [7, 11) is 0. The van der Waals surface area contributed by atoms with Gasteiger partial charge < -0.3 is 9.73 Å². The highest BCUT2D eigenvalue weighted by molar-refractivity contribution is 4.97. The van der Waals surface area contributed by atoms with Crippen molar-refractivity contribution in [1.82, 2.24) is 5.32 Å². The van der Waals surface area contributed by atoms with Crippen molar-refractivity contribution in [2.75, 3.05) is 6.54 Å². The van der Waals surface area contributed by atoms with E-state index < -0.39 is 0 Å². The van der Waals surface area contributed by atoms with Crippen molar-refractivity contribution in [2.24, 2.45) is 11.8 Å². The summed E-state index contributed by atoms with van der Waals surface area (Å²) < 4.78 is 5.28. The quantitative estimate of drug-likeness (QED) is 0.769. The number of hydrogen-bond donors (Lipinski definition) is 1. The van der Waals surface area contributed by atoms with Crippen LogP contribution >= 0.6 is 0 Å². The third kappa shape index (κ3) is 3.67. The monoisotopic (exact) mass is 221 g/mol. The molecule has 0 radical (unpaired) electrons. The van der Waals surface area contributed by atoms with E-state index in [4.69, 9.17) is 4.42 Å². The molecule has 2 nitrogen and oxygen atoms in total. The topological polar surface area (TPSA) is 25.2 Å². The Hall–Kier alpha value is -0.760. The number of furan rings is 1. The molecule has 0 atom stereocenters. The van der Waals surface area contributed by atoms with Crippen LogP contribution in [0, 0.1) is 11.8 Å². The van der Waals surface area contributed by atoms with Gasteiger partial charge in [-0.2, -0.15) is 0 Å². The first-order chi connectivity index (χ1) is 7.84. The molecular weight excluding hydrogens is 198 g/mol. The summed E-state index contributed by atoms with van der Waals surface area (Å²) in [5, 5.41) is 3.45. The molecular formula is C14H23NO. The summed E-state index contributed by atoms with van der Waals surface area (Å²) in [5.74, 6) is 2.96. The molecule has 90 valence electrons. The minimum absolute atomic E-state index is 0.871. The summed E-state index contributed by atoms with van der Waals surface area (Å²) in [5.41, 5.74) is 0. The molecule has 0 unspecified atom stereocenters. The first-order valence-electron chi connectivity index (χ1n) is 6.57. The van der Waals surface area contributed by atoms with E-state index in [0.717, 1.165) is 30.7 Å². The van der Waals surface area contributed by atoms with Crippen LogP contribution in [0.15, 0.2) is 22.8 Å². The van der Waals surface area contributed by atoms with Crippen LogP contribution in [0.3, 0.4) is 0 Å². The van der Waals surface area contributed by atoms with Crippen LogP contribution in [-0.2, 0) is 6.54 Å². The zero-order valence-corrected chi connectivity index (χ0v) is 10.2. The van der Waals surface area contributed by atoms with Gasteiger partial charge >= 0.3 is 0 Å². The van der Waals surface area contributed by atoms with E-state index in [9.17, 15) is 0 Å². The van der Waals surface area contributed by atoms with Crippen LogP contribution in [0.2, 0.25) is 0 Å². The average Bonchev–Trinajstić information content (AvgIpc) is 2.80. The molecule has 1 heterocycles. The van der Waals surface area contributed by atoms with Gasteiger partial charge in [0.05, 0.1) is 12.8 Å². The molecule has 1 aromatic rings. The van der Waals surface area contributed by atoms with Crippen LogP contribution in [0.1, 0.15) is 44.8 Å². The van der Waals surface area contributed by atoms with E-state index >= 15 is 0 Å². The Morgan fingerprint density at radius 2 is 2.12 bits per heavy atom. The molecule has 1 aliphatic carbocycles. The van der Waals surface area contributed by atoms with Crippen molar-refractivity contribution in [3.05, 3.63) is 24.2 Å². The van der Waals surface area contributed by atoms with Crippen molar-refractivity contribution < 1.29 is 4.42 Å². The van der Waals surface area contributed by atoms with E-state index in [1.54, 1.807) is 6.26 Å². The van der Waals surface area contributed by atoms with E-state index in [0.29, 0.717) is 0 Å². The van der Waals surface area contributed by atoms with Crippen molar-refractivity contribution in [3.8, 4) is 0 Å². The van der Waals surface area contributed by atoms with Gasteiger partial charge in [-0.25, -0.2) is 0 Å². The Balaban J connectivity index is 1.55. The van der Waals surface area contributed by atoms with Crippen LogP contribution < -0.4 is 5.32 Å². The average molecular weight is 221 g/mol. The number of nitrogens with one attached hydrogen (secondary N) is 1. The highest BCUT2D eigenvalue weighted by Crippen LogP contribution is 2.29. The summed E-state index contributed by atoms with van der Waals surface area (Å²) in [6.45, 7) is 4.38. The number of rotatable bonds is 5. The molecule has 2 heteroatoms. The molecule has 0 aromatic carbocycles. The minimum Gasteiger partial charge on any atom is -0.468 e. The molecule has 0 saturated heterocycles.